The zero-order valence-corrected chi connectivity index (χ0v) is 20.1. The van der Waals surface area contributed by atoms with Crippen LogP contribution >= 0.6 is 0 Å². The van der Waals surface area contributed by atoms with Crippen LogP contribution in [0.3, 0.4) is 0 Å². The smallest absolute Gasteiger partial charge is 0.169 e. The van der Waals surface area contributed by atoms with Crippen LogP contribution in [0.5, 0.6) is 23.0 Å². The first-order valence-corrected chi connectivity index (χ1v) is 12.1. The summed E-state index contributed by atoms with van der Waals surface area (Å²) >= 11 is 0. The molecule has 3 aromatic carbocycles. The number of halogens is 1. The molecule has 1 N–H and O–H groups in total. The molecule has 0 aromatic heterocycles. The predicted molar refractivity (Wildman–Crippen MR) is 134 cm³/mol. The molecule has 1 heterocycles. The molecular weight excluding hydrogens is 429 g/mol. The molecule has 0 radical (unpaired) electrons. The number of methoxy groups -OCH3 is 2. The molecular formula is C29H34FNO3. The molecule has 4 bridgehead atoms. The van der Waals surface area contributed by atoms with Gasteiger partial charge in [-0.05, 0) is 98.2 Å². The zero-order valence-electron chi connectivity index (χ0n) is 20.1. The van der Waals surface area contributed by atoms with Gasteiger partial charge in [0.05, 0.1) is 14.2 Å². The van der Waals surface area contributed by atoms with Crippen molar-refractivity contribution in [2.75, 3.05) is 20.8 Å². The highest BCUT2D eigenvalue weighted by molar-refractivity contribution is 5.50. The second kappa shape index (κ2) is 11.9. The quantitative estimate of drug-likeness (QED) is 0.453. The Balaban J connectivity index is 1.49. The number of aryl methyl sites for hydroxylation is 2. The molecule has 4 nitrogen and oxygen atoms in total. The fourth-order valence-electron chi connectivity index (χ4n) is 4.51. The minimum Gasteiger partial charge on any atom is -0.493 e. The van der Waals surface area contributed by atoms with Gasteiger partial charge in [0.2, 0.25) is 0 Å². The molecule has 0 saturated heterocycles. The molecule has 1 aliphatic rings. The minimum absolute atomic E-state index is 0.186. The highest BCUT2D eigenvalue weighted by Crippen LogP contribution is 2.38. The Labute approximate surface area is 202 Å². The summed E-state index contributed by atoms with van der Waals surface area (Å²) in [7, 11) is 3.33. The SMILES string of the molecule is COc1ccc2cc1Oc1cc(ccc1OC)CCC(NCCc1ccc(F)cc1)CCCC2. The van der Waals surface area contributed by atoms with Gasteiger partial charge in [0.25, 0.3) is 0 Å². The standard InChI is InChI=1S/C29H34FNO3/c1-32-26-15-10-22-5-3-4-6-25(31-18-17-21-7-12-24(30)13-8-21)14-9-23-11-16-27(33-2)29(20-23)34-28(26)19-22/h7-8,10-13,15-16,19-20,25,31H,3-6,9,14,17-18H2,1-2H3. The molecule has 34 heavy (non-hydrogen) atoms. The van der Waals surface area contributed by atoms with Crippen molar-refractivity contribution >= 4 is 0 Å². The number of fused-ring (bicyclic) bond motifs is 4. The van der Waals surface area contributed by atoms with Crippen LogP contribution in [0.2, 0.25) is 0 Å². The second-order valence-corrected chi connectivity index (χ2v) is 8.88. The number of ether oxygens (including phenoxy) is 3. The van der Waals surface area contributed by atoms with Crippen LogP contribution in [0.1, 0.15) is 42.4 Å². The summed E-state index contributed by atoms with van der Waals surface area (Å²) in [6.07, 6.45) is 7.30. The average Bonchev–Trinajstić information content (AvgIpc) is 2.85. The summed E-state index contributed by atoms with van der Waals surface area (Å²) in [5.74, 6) is 2.65. The van der Waals surface area contributed by atoms with Crippen molar-refractivity contribution in [3.8, 4) is 23.0 Å². The van der Waals surface area contributed by atoms with Crippen LogP contribution in [-0.4, -0.2) is 26.8 Å². The van der Waals surface area contributed by atoms with E-state index in [1.807, 2.05) is 24.3 Å². The Morgan fingerprint density at radius 1 is 0.824 bits per heavy atom. The lowest BCUT2D eigenvalue weighted by Gasteiger charge is -2.20. The summed E-state index contributed by atoms with van der Waals surface area (Å²) in [5, 5.41) is 3.75. The molecule has 0 saturated carbocycles. The van der Waals surface area contributed by atoms with E-state index in [1.54, 1.807) is 14.2 Å². The molecule has 0 fully saturated rings. The topological polar surface area (TPSA) is 39.7 Å². The van der Waals surface area contributed by atoms with E-state index in [2.05, 4.69) is 29.6 Å². The maximum absolute atomic E-state index is 13.2. The first-order valence-electron chi connectivity index (χ1n) is 12.1. The molecule has 1 atom stereocenters. The maximum atomic E-state index is 13.2. The second-order valence-electron chi connectivity index (χ2n) is 8.88. The third kappa shape index (κ3) is 6.51. The van der Waals surface area contributed by atoms with Crippen molar-refractivity contribution in [2.45, 2.75) is 51.0 Å². The van der Waals surface area contributed by atoms with Gasteiger partial charge < -0.3 is 19.5 Å². The zero-order chi connectivity index (χ0) is 23.8. The fourth-order valence-corrected chi connectivity index (χ4v) is 4.51. The normalized spacial score (nSPS) is 16.3. The Kier molecular flexibility index (Phi) is 8.42. The number of rotatable bonds is 6. The molecule has 5 heteroatoms. The third-order valence-corrected chi connectivity index (χ3v) is 6.49. The monoisotopic (exact) mass is 463 g/mol. The van der Waals surface area contributed by atoms with Gasteiger partial charge in [0.1, 0.15) is 5.82 Å². The van der Waals surface area contributed by atoms with E-state index in [4.69, 9.17) is 14.2 Å². The van der Waals surface area contributed by atoms with Gasteiger partial charge in [0, 0.05) is 6.04 Å². The fraction of sp³-hybridized carbons (Fsp3) is 0.379. The van der Waals surface area contributed by atoms with Crippen LogP contribution in [0.25, 0.3) is 0 Å². The van der Waals surface area contributed by atoms with Crippen molar-refractivity contribution in [3.05, 3.63) is 83.2 Å². The number of benzene rings is 3. The molecule has 3 aromatic rings. The lowest BCUT2D eigenvalue weighted by Crippen LogP contribution is -2.31. The van der Waals surface area contributed by atoms with Crippen LogP contribution in [0, 0.1) is 5.82 Å². The van der Waals surface area contributed by atoms with Crippen LogP contribution in [-0.2, 0) is 19.3 Å². The van der Waals surface area contributed by atoms with E-state index in [1.165, 1.54) is 23.3 Å². The van der Waals surface area contributed by atoms with Gasteiger partial charge in [-0.1, -0.05) is 30.7 Å². The van der Waals surface area contributed by atoms with Gasteiger partial charge >= 0.3 is 0 Å². The molecule has 0 aliphatic carbocycles. The lowest BCUT2D eigenvalue weighted by molar-refractivity contribution is 0.355. The van der Waals surface area contributed by atoms with E-state index in [9.17, 15) is 4.39 Å². The molecule has 0 amide bonds. The molecule has 0 spiro atoms. The van der Waals surface area contributed by atoms with Crippen molar-refractivity contribution in [1.82, 2.24) is 5.32 Å². The first kappa shape index (κ1) is 24.1. The number of hydrogen-bond acceptors (Lipinski definition) is 4. The molecule has 1 unspecified atom stereocenters. The Morgan fingerprint density at radius 2 is 1.47 bits per heavy atom. The first-order chi connectivity index (χ1) is 16.6. The summed E-state index contributed by atoms with van der Waals surface area (Å²) in [4.78, 5) is 0. The summed E-state index contributed by atoms with van der Waals surface area (Å²) in [5.41, 5.74) is 3.61. The molecule has 4 rings (SSSR count). The number of nitrogens with one attached hydrogen (secondary N) is 1. The lowest BCUT2D eigenvalue weighted by atomic mass is 9.98. The third-order valence-electron chi connectivity index (χ3n) is 6.49. The summed E-state index contributed by atoms with van der Waals surface area (Å²) < 4.78 is 30.6. The largest absolute Gasteiger partial charge is 0.493 e. The predicted octanol–water partition coefficient (Wildman–Crippen LogP) is 6.50. The summed E-state index contributed by atoms with van der Waals surface area (Å²) in [6, 6.07) is 19.6. The number of hydrogen-bond donors (Lipinski definition) is 1. The van der Waals surface area contributed by atoms with E-state index in [-0.39, 0.29) is 5.82 Å². The summed E-state index contributed by atoms with van der Waals surface area (Å²) in [6.45, 7) is 0.884. The van der Waals surface area contributed by atoms with Crippen LogP contribution in [0.15, 0.2) is 60.7 Å². The highest BCUT2D eigenvalue weighted by atomic mass is 19.1. The van der Waals surface area contributed by atoms with Crippen molar-refractivity contribution < 1.29 is 18.6 Å². The van der Waals surface area contributed by atoms with Gasteiger partial charge in [-0.3, -0.25) is 0 Å². The van der Waals surface area contributed by atoms with E-state index < -0.39 is 0 Å². The minimum atomic E-state index is -0.186. The van der Waals surface area contributed by atoms with Crippen molar-refractivity contribution in [2.24, 2.45) is 0 Å². The Hall–Kier alpha value is -3.05. The average molecular weight is 464 g/mol. The Morgan fingerprint density at radius 3 is 2.12 bits per heavy atom. The Bertz CT molecular complexity index is 1070. The van der Waals surface area contributed by atoms with Gasteiger partial charge in [-0.25, -0.2) is 4.39 Å². The highest BCUT2D eigenvalue weighted by Gasteiger charge is 2.15. The van der Waals surface area contributed by atoms with E-state index in [0.29, 0.717) is 29.0 Å². The van der Waals surface area contributed by atoms with Crippen molar-refractivity contribution in [3.63, 3.8) is 0 Å². The molecule has 1 aliphatic heterocycles. The van der Waals surface area contributed by atoms with Gasteiger partial charge in [-0.15, -0.1) is 0 Å². The van der Waals surface area contributed by atoms with E-state index >= 15 is 0 Å². The van der Waals surface area contributed by atoms with Gasteiger partial charge in [-0.2, -0.15) is 0 Å². The van der Waals surface area contributed by atoms with E-state index in [0.717, 1.165) is 57.1 Å². The van der Waals surface area contributed by atoms with Gasteiger partial charge in [0.15, 0.2) is 23.0 Å². The van der Waals surface area contributed by atoms with Crippen LogP contribution < -0.4 is 19.5 Å². The van der Waals surface area contributed by atoms with Crippen molar-refractivity contribution in [1.29, 1.82) is 0 Å². The maximum Gasteiger partial charge on any atom is 0.169 e. The van der Waals surface area contributed by atoms with Crippen LogP contribution in [0.4, 0.5) is 4.39 Å². The molecule has 180 valence electrons.